The first-order valence-electron chi connectivity index (χ1n) is 8.78. The number of rotatable bonds is 5. The monoisotopic (exact) mass is 351 g/mol. The molecule has 2 heterocycles. The van der Waals surface area contributed by atoms with Gasteiger partial charge in [0.1, 0.15) is 18.4 Å². The third-order valence-corrected chi connectivity index (χ3v) is 4.51. The van der Waals surface area contributed by atoms with E-state index in [4.69, 9.17) is 9.47 Å². The van der Waals surface area contributed by atoms with E-state index < -0.39 is 0 Å². The molecule has 6 nitrogen and oxygen atoms in total. The molecule has 0 radical (unpaired) electrons. The third kappa shape index (κ3) is 3.70. The first-order valence-corrected chi connectivity index (χ1v) is 8.78. The Balaban J connectivity index is 1.41. The van der Waals surface area contributed by atoms with Gasteiger partial charge in [-0.25, -0.2) is 4.98 Å². The SMILES string of the molecule is O=C(Cn1cnc2ccccc21)N[C@@H]1COCC[C@@H]1Oc1ccccc1. The summed E-state index contributed by atoms with van der Waals surface area (Å²) < 4.78 is 13.5. The van der Waals surface area contributed by atoms with E-state index in [1.807, 2.05) is 59.2 Å². The largest absolute Gasteiger partial charge is 0.488 e. The molecule has 2 aromatic carbocycles. The summed E-state index contributed by atoms with van der Waals surface area (Å²) in [6.07, 6.45) is 2.34. The van der Waals surface area contributed by atoms with Gasteiger partial charge in [-0.1, -0.05) is 30.3 Å². The van der Waals surface area contributed by atoms with Crippen LogP contribution in [0.4, 0.5) is 0 Å². The van der Waals surface area contributed by atoms with Crippen LogP contribution in [0.2, 0.25) is 0 Å². The summed E-state index contributed by atoms with van der Waals surface area (Å²) in [4.78, 5) is 16.9. The van der Waals surface area contributed by atoms with Gasteiger partial charge in [0, 0.05) is 6.42 Å². The van der Waals surface area contributed by atoms with Gasteiger partial charge < -0.3 is 19.4 Å². The predicted octanol–water partition coefficient (Wildman–Crippen LogP) is 2.39. The second-order valence-corrected chi connectivity index (χ2v) is 6.37. The van der Waals surface area contributed by atoms with Gasteiger partial charge in [0.2, 0.25) is 5.91 Å². The fourth-order valence-electron chi connectivity index (χ4n) is 3.21. The molecule has 0 aliphatic carbocycles. The highest BCUT2D eigenvalue weighted by Crippen LogP contribution is 2.18. The van der Waals surface area contributed by atoms with Gasteiger partial charge in [-0.2, -0.15) is 0 Å². The normalized spacial score (nSPS) is 20.0. The van der Waals surface area contributed by atoms with Gasteiger partial charge >= 0.3 is 0 Å². The number of carbonyl (C=O) groups excluding carboxylic acids is 1. The maximum Gasteiger partial charge on any atom is 0.240 e. The van der Waals surface area contributed by atoms with Crippen molar-refractivity contribution in [2.24, 2.45) is 0 Å². The molecular weight excluding hydrogens is 330 g/mol. The zero-order valence-electron chi connectivity index (χ0n) is 14.4. The van der Waals surface area contributed by atoms with Crippen molar-refractivity contribution in [3.05, 3.63) is 60.9 Å². The maximum atomic E-state index is 12.5. The quantitative estimate of drug-likeness (QED) is 0.767. The number of benzene rings is 2. The minimum absolute atomic E-state index is 0.0784. The van der Waals surface area contributed by atoms with Crippen LogP contribution >= 0.6 is 0 Å². The average molecular weight is 351 g/mol. The highest BCUT2D eigenvalue weighted by molar-refractivity contribution is 5.80. The molecule has 6 heteroatoms. The summed E-state index contributed by atoms with van der Waals surface area (Å²) >= 11 is 0. The zero-order valence-corrected chi connectivity index (χ0v) is 14.4. The summed E-state index contributed by atoms with van der Waals surface area (Å²) in [6.45, 7) is 1.30. The van der Waals surface area contributed by atoms with Crippen LogP contribution in [0.3, 0.4) is 0 Å². The molecule has 134 valence electrons. The van der Waals surface area contributed by atoms with Crippen LogP contribution in [-0.4, -0.2) is 40.8 Å². The molecule has 1 amide bonds. The molecule has 4 rings (SSSR count). The number of hydrogen-bond acceptors (Lipinski definition) is 4. The van der Waals surface area contributed by atoms with Crippen molar-refractivity contribution in [1.82, 2.24) is 14.9 Å². The molecule has 0 bridgehead atoms. The minimum Gasteiger partial charge on any atom is -0.488 e. The molecule has 1 saturated heterocycles. The smallest absolute Gasteiger partial charge is 0.240 e. The van der Waals surface area contributed by atoms with Crippen molar-refractivity contribution in [3.63, 3.8) is 0 Å². The predicted molar refractivity (Wildman–Crippen MR) is 98.0 cm³/mol. The lowest BCUT2D eigenvalue weighted by atomic mass is 10.1. The Kier molecular flexibility index (Phi) is 4.84. The average Bonchev–Trinajstić information content (AvgIpc) is 3.07. The van der Waals surface area contributed by atoms with Crippen LogP contribution in [0.25, 0.3) is 11.0 Å². The number of nitrogens with one attached hydrogen (secondary N) is 1. The molecule has 2 atom stereocenters. The van der Waals surface area contributed by atoms with Gasteiger partial charge in [-0.05, 0) is 24.3 Å². The van der Waals surface area contributed by atoms with E-state index in [0.717, 1.165) is 23.2 Å². The molecular formula is C20H21N3O3. The topological polar surface area (TPSA) is 65.4 Å². The van der Waals surface area contributed by atoms with E-state index in [9.17, 15) is 4.79 Å². The summed E-state index contributed by atoms with van der Waals surface area (Å²) in [5, 5.41) is 3.05. The van der Waals surface area contributed by atoms with Crippen molar-refractivity contribution in [2.75, 3.05) is 13.2 Å². The number of imidazole rings is 1. The summed E-state index contributed by atoms with van der Waals surface area (Å²) in [6, 6.07) is 17.3. The van der Waals surface area contributed by atoms with Crippen LogP contribution in [-0.2, 0) is 16.1 Å². The van der Waals surface area contributed by atoms with Crippen LogP contribution in [0, 0.1) is 0 Å². The second-order valence-electron chi connectivity index (χ2n) is 6.37. The first kappa shape index (κ1) is 16.6. The molecule has 0 spiro atoms. The van der Waals surface area contributed by atoms with Gasteiger partial charge in [0.25, 0.3) is 0 Å². The van der Waals surface area contributed by atoms with E-state index in [0.29, 0.717) is 13.2 Å². The molecule has 1 fully saturated rings. The van der Waals surface area contributed by atoms with E-state index in [-0.39, 0.29) is 24.6 Å². The highest BCUT2D eigenvalue weighted by Gasteiger charge is 2.29. The molecule has 0 saturated carbocycles. The fraction of sp³-hybridized carbons (Fsp3) is 0.300. The van der Waals surface area contributed by atoms with E-state index in [1.54, 1.807) is 6.33 Å². The standard InChI is InChI=1S/C20H21N3O3/c24-20(12-23-14-21-16-8-4-5-9-18(16)23)22-17-13-25-11-10-19(17)26-15-6-2-1-3-7-15/h1-9,14,17,19H,10-13H2,(H,22,24)/t17-,19+/m1/s1. The molecule has 1 aromatic heterocycles. The van der Waals surface area contributed by atoms with Crippen LogP contribution in [0.5, 0.6) is 5.75 Å². The first-order chi connectivity index (χ1) is 12.8. The van der Waals surface area contributed by atoms with Crippen LogP contribution in [0.1, 0.15) is 6.42 Å². The number of amides is 1. The van der Waals surface area contributed by atoms with Crippen molar-refractivity contribution in [3.8, 4) is 5.75 Å². The number of hydrogen-bond donors (Lipinski definition) is 1. The van der Waals surface area contributed by atoms with E-state index in [1.165, 1.54) is 0 Å². The van der Waals surface area contributed by atoms with Crippen molar-refractivity contribution < 1.29 is 14.3 Å². The summed E-state index contributed by atoms with van der Waals surface area (Å²) in [5.74, 6) is 0.726. The lowest BCUT2D eigenvalue weighted by Gasteiger charge is -2.32. The Hall–Kier alpha value is -2.86. The second kappa shape index (κ2) is 7.58. The van der Waals surface area contributed by atoms with Crippen LogP contribution in [0.15, 0.2) is 60.9 Å². The molecule has 1 aliphatic rings. The van der Waals surface area contributed by atoms with Gasteiger partial charge in [0.05, 0.1) is 36.6 Å². The highest BCUT2D eigenvalue weighted by atomic mass is 16.5. The molecule has 1 N–H and O–H groups in total. The van der Waals surface area contributed by atoms with Crippen molar-refractivity contribution >= 4 is 16.9 Å². The Morgan fingerprint density at radius 1 is 1.19 bits per heavy atom. The zero-order chi connectivity index (χ0) is 17.8. The summed E-state index contributed by atoms with van der Waals surface area (Å²) in [7, 11) is 0. The van der Waals surface area contributed by atoms with Crippen molar-refractivity contribution in [2.45, 2.75) is 25.1 Å². The Labute approximate surface area is 151 Å². The summed E-state index contributed by atoms with van der Waals surface area (Å²) in [5.41, 5.74) is 1.83. The molecule has 3 aromatic rings. The number of nitrogens with zero attached hydrogens (tertiary/aromatic N) is 2. The van der Waals surface area contributed by atoms with E-state index in [2.05, 4.69) is 10.3 Å². The van der Waals surface area contributed by atoms with E-state index >= 15 is 0 Å². The number of para-hydroxylation sites is 3. The van der Waals surface area contributed by atoms with Crippen LogP contribution < -0.4 is 10.1 Å². The fourth-order valence-corrected chi connectivity index (χ4v) is 3.21. The Morgan fingerprint density at radius 3 is 2.88 bits per heavy atom. The minimum atomic E-state index is -0.175. The molecule has 0 unspecified atom stereocenters. The van der Waals surface area contributed by atoms with Gasteiger partial charge in [-0.15, -0.1) is 0 Å². The maximum absolute atomic E-state index is 12.5. The molecule has 1 aliphatic heterocycles. The lowest BCUT2D eigenvalue weighted by Crippen LogP contribution is -2.52. The van der Waals surface area contributed by atoms with Gasteiger partial charge in [-0.3, -0.25) is 4.79 Å². The Bertz CT molecular complexity index is 878. The lowest BCUT2D eigenvalue weighted by molar-refractivity contribution is -0.124. The number of ether oxygens (including phenoxy) is 2. The molecule has 26 heavy (non-hydrogen) atoms. The Morgan fingerprint density at radius 2 is 2.00 bits per heavy atom. The number of fused-ring (bicyclic) bond motifs is 1. The van der Waals surface area contributed by atoms with Crippen molar-refractivity contribution in [1.29, 1.82) is 0 Å². The van der Waals surface area contributed by atoms with Gasteiger partial charge in [0.15, 0.2) is 0 Å². The number of carbonyl (C=O) groups is 1. The number of aromatic nitrogens is 2. The third-order valence-electron chi connectivity index (χ3n) is 4.51.